The van der Waals surface area contributed by atoms with E-state index in [-0.39, 0.29) is 18.9 Å². The highest BCUT2D eigenvalue weighted by Crippen LogP contribution is 2.09. The van der Waals surface area contributed by atoms with Gasteiger partial charge in [-0.1, -0.05) is 45.2 Å². The van der Waals surface area contributed by atoms with Crippen LogP contribution in [0.1, 0.15) is 48.0 Å². The molecule has 10 nitrogen and oxygen atoms in total. The number of ether oxygens (including phenoxy) is 3. The Balaban J connectivity index is 5.32. The van der Waals surface area contributed by atoms with Crippen molar-refractivity contribution in [2.24, 2.45) is 5.92 Å². The molecule has 12 heteroatoms. The second-order valence-corrected chi connectivity index (χ2v) is 9.50. The van der Waals surface area contributed by atoms with Crippen LogP contribution in [0.5, 0.6) is 0 Å². The number of alkyl halides is 2. The van der Waals surface area contributed by atoms with Gasteiger partial charge in [0.25, 0.3) is 0 Å². The molecular weight excluding hydrogens is 492 g/mol. The summed E-state index contributed by atoms with van der Waals surface area (Å²) < 4.78 is 39.6. The molecule has 3 amide bonds. The lowest BCUT2D eigenvalue weighted by Gasteiger charge is -2.25. The molecule has 3 atom stereocenters. The highest BCUT2D eigenvalue weighted by atomic mass is 19.3. The number of esters is 1. The first-order valence-corrected chi connectivity index (χ1v) is 11.7. The van der Waals surface area contributed by atoms with Gasteiger partial charge in [-0.15, -0.1) is 0 Å². The minimum absolute atomic E-state index is 0.0132. The molecule has 0 spiro atoms. The second-order valence-electron chi connectivity index (χ2n) is 9.50. The van der Waals surface area contributed by atoms with Crippen molar-refractivity contribution in [1.29, 1.82) is 0 Å². The van der Waals surface area contributed by atoms with E-state index >= 15 is 0 Å². The van der Waals surface area contributed by atoms with Gasteiger partial charge in [-0.25, -0.2) is 9.59 Å². The van der Waals surface area contributed by atoms with Crippen molar-refractivity contribution in [2.75, 3.05) is 13.2 Å². The zero-order valence-corrected chi connectivity index (χ0v) is 22.3. The number of carbonyl (C=O) groups excluding carboxylic acids is 4. The summed E-state index contributed by atoms with van der Waals surface area (Å²) in [5.74, 6) is -2.37. The number of carbonyl (C=O) groups is 4. The number of rotatable bonds is 15. The smallest absolute Gasteiger partial charge is 0.408 e. The van der Waals surface area contributed by atoms with Crippen LogP contribution in [0.25, 0.3) is 0 Å². The standard InChI is InChI=1S/C25H39F2N3O7/c1-9-11-17(10-2)13-35-22(33)18(12-15(3)4)29-20(31)16(5)28-21(32)19(14-36-23(26)27)30-24(34)37-25(6,7)8/h9-11,15-16,18-19,23H,1-2,12-14H2,3-8H3,(H,28,32)(H,29,31)(H,30,34)/b17-11+/t16?,18-,19-/m0/s1. The summed E-state index contributed by atoms with van der Waals surface area (Å²) in [7, 11) is 0. The maximum Gasteiger partial charge on any atom is 0.408 e. The van der Waals surface area contributed by atoms with Crippen molar-refractivity contribution in [2.45, 2.75) is 78.3 Å². The monoisotopic (exact) mass is 531 g/mol. The molecular formula is C25H39F2N3O7. The molecule has 210 valence electrons. The van der Waals surface area contributed by atoms with Crippen molar-refractivity contribution < 1.29 is 42.2 Å². The number of amides is 3. The van der Waals surface area contributed by atoms with Crippen molar-refractivity contribution in [1.82, 2.24) is 16.0 Å². The van der Waals surface area contributed by atoms with Crippen LogP contribution in [-0.4, -0.2) is 67.4 Å². The summed E-state index contributed by atoms with van der Waals surface area (Å²) in [6.45, 7) is 12.8. The molecule has 0 saturated carbocycles. The van der Waals surface area contributed by atoms with Crippen LogP contribution >= 0.6 is 0 Å². The van der Waals surface area contributed by atoms with Gasteiger partial charge < -0.3 is 30.2 Å². The molecule has 0 aromatic heterocycles. The van der Waals surface area contributed by atoms with Crippen LogP contribution in [0.15, 0.2) is 37.0 Å². The van der Waals surface area contributed by atoms with Crippen molar-refractivity contribution in [3.63, 3.8) is 0 Å². The molecule has 0 aliphatic rings. The Kier molecular flexibility index (Phi) is 15.0. The van der Waals surface area contributed by atoms with Gasteiger partial charge in [0.05, 0.1) is 6.61 Å². The first-order valence-electron chi connectivity index (χ1n) is 11.7. The van der Waals surface area contributed by atoms with Gasteiger partial charge in [-0.2, -0.15) is 8.78 Å². The van der Waals surface area contributed by atoms with Gasteiger partial charge in [0.15, 0.2) is 0 Å². The minimum atomic E-state index is -3.19. The molecule has 0 aromatic carbocycles. The van der Waals surface area contributed by atoms with Crippen LogP contribution in [0.4, 0.5) is 13.6 Å². The number of nitrogens with one attached hydrogen (secondary N) is 3. The molecule has 0 radical (unpaired) electrons. The van der Waals surface area contributed by atoms with Gasteiger partial charge in [0.1, 0.15) is 30.3 Å². The molecule has 0 heterocycles. The molecule has 1 unspecified atom stereocenters. The van der Waals surface area contributed by atoms with Gasteiger partial charge in [0, 0.05) is 0 Å². The summed E-state index contributed by atoms with van der Waals surface area (Å²) >= 11 is 0. The molecule has 37 heavy (non-hydrogen) atoms. The summed E-state index contributed by atoms with van der Waals surface area (Å²) in [4.78, 5) is 50.0. The number of hydrogen-bond donors (Lipinski definition) is 3. The third-order valence-corrected chi connectivity index (χ3v) is 4.43. The van der Waals surface area contributed by atoms with Crippen LogP contribution in [0.3, 0.4) is 0 Å². The molecule has 0 bridgehead atoms. The lowest BCUT2D eigenvalue weighted by atomic mass is 10.0. The summed E-state index contributed by atoms with van der Waals surface area (Å²) in [5, 5.41) is 6.99. The maximum absolute atomic E-state index is 12.7. The highest BCUT2D eigenvalue weighted by Gasteiger charge is 2.30. The van der Waals surface area contributed by atoms with E-state index in [2.05, 4.69) is 33.8 Å². The minimum Gasteiger partial charge on any atom is -0.459 e. The number of allylic oxidation sites excluding steroid dienone is 2. The molecule has 3 N–H and O–H groups in total. The summed E-state index contributed by atoms with van der Waals surface area (Å²) in [5.41, 5.74) is -0.302. The molecule has 0 aliphatic heterocycles. The molecule has 0 saturated heterocycles. The van der Waals surface area contributed by atoms with E-state index < -0.39 is 60.8 Å². The van der Waals surface area contributed by atoms with Gasteiger partial charge in [-0.05, 0) is 45.6 Å². The van der Waals surface area contributed by atoms with Crippen LogP contribution < -0.4 is 16.0 Å². The molecule has 0 aromatic rings. The predicted molar refractivity (Wildman–Crippen MR) is 134 cm³/mol. The topological polar surface area (TPSA) is 132 Å². The molecule has 0 fully saturated rings. The van der Waals surface area contributed by atoms with Crippen molar-refractivity contribution in [3.8, 4) is 0 Å². The lowest BCUT2D eigenvalue weighted by molar-refractivity contribution is -0.147. The Morgan fingerprint density at radius 1 is 0.946 bits per heavy atom. The first-order chi connectivity index (χ1) is 17.1. The van der Waals surface area contributed by atoms with Crippen LogP contribution in [0.2, 0.25) is 0 Å². The third-order valence-electron chi connectivity index (χ3n) is 4.43. The van der Waals surface area contributed by atoms with E-state index in [0.717, 1.165) is 0 Å². The normalized spacial score (nSPS) is 14.3. The molecule has 0 aliphatic carbocycles. The fourth-order valence-electron chi connectivity index (χ4n) is 2.74. The fourth-order valence-corrected chi connectivity index (χ4v) is 2.74. The molecule has 0 rings (SSSR count). The Bertz CT molecular complexity index is 839. The van der Waals surface area contributed by atoms with Crippen LogP contribution in [0, 0.1) is 5.92 Å². The Labute approximate surface area is 216 Å². The van der Waals surface area contributed by atoms with Gasteiger partial charge >= 0.3 is 18.7 Å². The zero-order valence-electron chi connectivity index (χ0n) is 22.3. The number of halogens is 2. The van der Waals surface area contributed by atoms with Gasteiger partial charge in [0.2, 0.25) is 11.8 Å². The average molecular weight is 532 g/mol. The van der Waals surface area contributed by atoms with E-state index in [9.17, 15) is 28.0 Å². The van der Waals surface area contributed by atoms with E-state index in [1.807, 2.05) is 13.8 Å². The summed E-state index contributed by atoms with van der Waals surface area (Å²) in [6.07, 6.45) is 3.85. The second kappa shape index (κ2) is 16.5. The Morgan fingerprint density at radius 3 is 2.05 bits per heavy atom. The van der Waals surface area contributed by atoms with Crippen LogP contribution in [-0.2, 0) is 28.6 Å². The zero-order chi connectivity index (χ0) is 28.8. The highest BCUT2D eigenvalue weighted by molar-refractivity contribution is 5.92. The Hall–Kier alpha value is -3.28. The van der Waals surface area contributed by atoms with E-state index in [4.69, 9.17) is 9.47 Å². The van der Waals surface area contributed by atoms with Crippen molar-refractivity contribution >= 4 is 23.9 Å². The number of alkyl carbamates (subject to hydrolysis) is 1. The average Bonchev–Trinajstić information content (AvgIpc) is 2.76. The number of hydrogen-bond acceptors (Lipinski definition) is 7. The lowest BCUT2D eigenvalue weighted by Crippen LogP contribution is -2.56. The Morgan fingerprint density at radius 2 is 1.57 bits per heavy atom. The maximum atomic E-state index is 12.7. The van der Waals surface area contributed by atoms with E-state index in [1.54, 1.807) is 26.8 Å². The van der Waals surface area contributed by atoms with E-state index in [0.29, 0.717) is 5.57 Å². The SMILES string of the molecule is C=C/C=C(\C=C)COC(=O)[C@H](CC(C)C)NC(=O)C(C)NC(=O)[C@H](COC(F)F)NC(=O)OC(C)(C)C. The fraction of sp³-hybridized carbons (Fsp3) is 0.600. The quantitative estimate of drug-likeness (QED) is 0.219. The predicted octanol–water partition coefficient (Wildman–Crippen LogP) is 3.00. The largest absolute Gasteiger partial charge is 0.459 e. The summed E-state index contributed by atoms with van der Waals surface area (Å²) in [6, 6.07) is -3.79. The van der Waals surface area contributed by atoms with Crippen molar-refractivity contribution in [3.05, 3.63) is 37.0 Å². The third kappa shape index (κ3) is 15.4. The van der Waals surface area contributed by atoms with Gasteiger partial charge in [-0.3, -0.25) is 9.59 Å². The van der Waals surface area contributed by atoms with E-state index in [1.165, 1.54) is 19.1 Å². The first kappa shape index (κ1) is 33.7.